The molecular formula is C18H17ClF2N6O2S. The molecule has 3 heterocycles. The summed E-state index contributed by atoms with van der Waals surface area (Å²) in [7, 11) is -2.73. The quantitative estimate of drug-likeness (QED) is 0.505. The van der Waals surface area contributed by atoms with Crippen molar-refractivity contribution in [1.29, 1.82) is 0 Å². The Balaban J connectivity index is 1.89. The topological polar surface area (TPSA) is 109 Å². The lowest BCUT2D eigenvalue weighted by Gasteiger charge is -2.14. The van der Waals surface area contributed by atoms with Crippen LogP contribution in [0.2, 0.25) is 5.02 Å². The van der Waals surface area contributed by atoms with Crippen LogP contribution < -0.4 is 14.8 Å². The van der Waals surface area contributed by atoms with Crippen molar-refractivity contribution in [3.63, 3.8) is 0 Å². The minimum absolute atomic E-state index is 0.0275. The van der Waals surface area contributed by atoms with Gasteiger partial charge in [-0.3, -0.25) is 9.71 Å². The molecule has 158 valence electrons. The first-order valence-electron chi connectivity index (χ1n) is 8.56. The van der Waals surface area contributed by atoms with Crippen molar-refractivity contribution in [3.05, 3.63) is 70.3 Å². The van der Waals surface area contributed by atoms with Crippen molar-refractivity contribution >= 4 is 39.1 Å². The Kier molecular flexibility index (Phi) is 6.44. The molecule has 0 saturated heterocycles. The predicted molar refractivity (Wildman–Crippen MR) is 110 cm³/mol. The number of nitrogens with one attached hydrogen (secondary N) is 3. The summed E-state index contributed by atoms with van der Waals surface area (Å²) in [5.74, 6) is -1.89. The van der Waals surface area contributed by atoms with Crippen LogP contribution in [0.1, 0.15) is 16.7 Å². The predicted octanol–water partition coefficient (Wildman–Crippen LogP) is 3.32. The Labute approximate surface area is 176 Å². The number of hydrogen-bond acceptors (Lipinski definition) is 6. The third-order valence-corrected chi connectivity index (χ3v) is 5.44. The number of rotatable bonds is 7. The molecule has 0 fully saturated rings. The van der Waals surface area contributed by atoms with E-state index in [-0.39, 0.29) is 22.8 Å². The van der Waals surface area contributed by atoms with E-state index in [0.717, 1.165) is 6.07 Å². The van der Waals surface area contributed by atoms with E-state index in [4.69, 9.17) is 11.6 Å². The molecule has 0 saturated carbocycles. The van der Waals surface area contributed by atoms with Crippen LogP contribution in [0.3, 0.4) is 0 Å². The molecule has 0 atom stereocenters. The van der Waals surface area contributed by atoms with Gasteiger partial charge in [0.25, 0.3) is 10.2 Å². The Bertz CT molecular complexity index is 1190. The molecular weight excluding hydrogens is 438 g/mol. The first-order chi connectivity index (χ1) is 14.2. The standard InChI is InChI=1S/C18H17ClF2N6O2S/c1-10-12(5-11-3-4-24-18(16(11)21)27-30(28,29)22-2)7-23-9-15(10)26-17-14(20)6-13(19)8-25-17/h3-4,6-9,22H,5H2,1-2H3,(H,24,27)(H,25,26). The molecule has 0 bridgehead atoms. The molecule has 3 rings (SSSR count). The summed E-state index contributed by atoms with van der Waals surface area (Å²) in [4.78, 5) is 11.8. The molecule has 0 radical (unpaired) electrons. The van der Waals surface area contributed by atoms with Crippen LogP contribution in [0.5, 0.6) is 0 Å². The van der Waals surface area contributed by atoms with Gasteiger partial charge >= 0.3 is 0 Å². The molecule has 3 N–H and O–H groups in total. The highest BCUT2D eigenvalue weighted by atomic mass is 35.5. The van der Waals surface area contributed by atoms with Gasteiger partial charge in [0.1, 0.15) is 0 Å². The van der Waals surface area contributed by atoms with Gasteiger partial charge in [0.05, 0.1) is 16.9 Å². The van der Waals surface area contributed by atoms with E-state index in [9.17, 15) is 17.2 Å². The lowest BCUT2D eigenvalue weighted by Crippen LogP contribution is -2.27. The van der Waals surface area contributed by atoms with Gasteiger partial charge in [-0.2, -0.15) is 8.42 Å². The number of pyridine rings is 3. The van der Waals surface area contributed by atoms with Crippen LogP contribution in [-0.4, -0.2) is 30.4 Å². The lowest BCUT2D eigenvalue weighted by molar-refractivity contribution is 0.589. The number of hydrogen-bond donors (Lipinski definition) is 3. The van der Waals surface area contributed by atoms with Crippen molar-refractivity contribution < 1.29 is 17.2 Å². The van der Waals surface area contributed by atoms with Gasteiger partial charge < -0.3 is 5.32 Å². The molecule has 0 aliphatic rings. The molecule has 12 heteroatoms. The van der Waals surface area contributed by atoms with Crippen molar-refractivity contribution in [2.45, 2.75) is 13.3 Å². The van der Waals surface area contributed by atoms with E-state index in [2.05, 4.69) is 20.3 Å². The molecule has 3 aromatic rings. The zero-order chi connectivity index (χ0) is 21.9. The Morgan fingerprint density at radius 2 is 1.87 bits per heavy atom. The van der Waals surface area contributed by atoms with Crippen molar-refractivity contribution in [2.24, 2.45) is 0 Å². The molecule has 0 aliphatic heterocycles. The highest BCUT2D eigenvalue weighted by Crippen LogP contribution is 2.26. The van der Waals surface area contributed by atoms with Gasteiger partial charge in [0, 0.05) is 32.1 Å². The molecule has 0 aromatic carbocycles. The van der Waals surface area contributed by atoms with Crippen molar-refractivity contribution in [1.82, 2.24) is 19.7 Å². The summed E-state index contributed by atoms with van der Waals surface area (Å²) < 4.78 is 56.1. The molecule has 0 unspecified atom stereocenters. The van der Waals surface area contributed by atoms with Crippen LogP contribution in [0, 0.1) is 18.6 Å². The third kappa shape index (κ3) is 4.99. The van der Waals surface area contributed by atoms with Gasteiger partial charge in [-0.25, -0.2) is 23.5 Å². The minimum atomic E-state index is -3.92. The number of aromatic nitrogens is 3. The second-order valence-corrected chi connectivity index (χ2v) is 8.25. The normalized spacial score (nSPS) is 11.4. The molecule has 8 nitrogen and oxygen atoms in total. The zero-order valence-corrected chi connectivity index (χ0v) is 17.4. The minimum Gasteiger partial charge on any atom is -0.336 e. The second-order valence-electron chi connectivity index (χ2n) is 6.20. The third-order valence-electron chi connectivity index (χ3n) is 4.23. The Morgan fingerprint density at radius 3 is 2.57 bits per heavy atom. The molecule has 3 aromatic heterocycles. The molecule has 0 amide bonds. The van der Waals surface area contributed by atoms with Gasteiger partial charge in [0.2, 0.25) is 0 Å². The first kappa shape index (κ1) is 21.8. The fraction of sp³-hybridized carbons (Fsp3) is 0.167. The van der Waals surface area contributed by atoms with Crippen LogP contribution in [0.4, 0.5) is 26.1 Å². The number of nitrogens with zero attached hydrogens (tertiary/aromatic N) is 3. The summed E-state index contributed by atoms with van der Waals surface area (Å²) >= 11 is 5.71. The summed E-state index contributed by atoms with van der Waals surface area (Å²) in [5, 5.41) is 3.01. The van der Waals surface area contributed by atoms with E-state index in [1.54, 1.807) is 13.1 Å². The van der Waals surface area contributed by atoms with E-state index in [0.29, 0.717) is 16.8 Å². The van der Waals surface area contributed by atoms with Crippen LogP contribution >= 0.6 is 11.6 Å². The average Bonchev–Trinajstić information content (AvgIpc) is 2.69. The Morgan fingerprint density at radius 1 is 1.10 bits per heavy atom. The van der Waals surface area contributed by atoms with Gasteiger partial charge in [0.15, 0.2) is 23.3 Å². The number of halogens is 3. The van der Waals surface area contributed by atoms with E-state index < -0.39 is 27.7 Å². The average molecular weight is 455 g/mol. The van der Waals surface area contributed by atoms with E-state index in [1.165, 1.54) is 31.7 Å². The second kappa shape index (κ2) is 8.86. The van der Waals surface area contributed by atoms with E-state index in [1.807, 2.05) is 9.44 Å². The maximum absolute atomic E-state index is 14.8. The largest absolute Gasteiger partial charge is 0.336 e. The van der Waals surface area contributed by atoms with Crippen LogP contribution in [0.25, 0.3) is 0 Å². The molecule has 0 spiro atoms. The highest BCUT2D eigenvalue weighted by Gasteiger charge is 2.17. The first-order valence-corrected chi connectivity index (χ1v) is 10.4. The smallest absolute Gasteiger partial charge is 0.300 e. The van der Waals surface area contributed by atoms with Crippen LogP contribution in [-0.2, 0) is 16.6 Å². The van der Waals surface area contributed by atoms with Gasteiger partial charge in [-0.05, 0) is 35.7 Å². The number of anilines is 3. The van der Waals surface area contributed by atoms with Crippen LogP contribution in [0.15, 0.2) is 36.9 Å². The SMILES string of the molecule is CNS(=O)(=O)Nc1nccc(Cc2cncc(Nc3ncc(Cl)cc3F)c2C)c1F. The summed E-state index contributed by atoms with van der Waals surface area (Å²) in [6.07, 6.45) is 5.74. The van der Waals surface area contributed by atoms with Crippen molar-refractivity contribution in [3.8, 4) is 0 Å². The van der Waals surface area contributed by atoms with Gasteiger partial charge in [-0.1, -0.05) is 11.6 Å². The highest BCUT2D eigenvalue weighted by molar-refractivity contribution is 7.90. The fourth-order valence-corrected chi connectivity index (χ4v) is 3.23. The molecule has 0 aliphatic carbocycles. The molecule has 30 heavy (non-hydrogen) atoms. The zero-order valence-electron chi connectivity index (χ0n) is 15.9. The van der Waals surface area contributed by atoms with Gasteiger partial charge in [-0.15, -0.1) is 0 Å². The maximum atomic E-state index is 14.8. The lowest BCUT2D eigenvalue weighted by atomic mass is 10.0. The summed E-state index contributed by atoms with van der Waals surface area (Å²) in [6.45, 7) is 1.76. The summed E-state index contributed by atoms with van der Waals surface area (Å²) in [5.41, 5.74) is 2.01. The Hall–Kier alpha value is -2.89. The fourth-order valence-electron chi connectivity index (χ4n) is 2.58. The summed E-state index contributed by atoms with van der Waals surface area (Å²) in [6, 6.07) is 2.57. The van der Waals surface area contributed by atoms with Crippen molar-refractivity contribution in [2.75, 3.05) is 17.1 Å². The maximum Gasteiger partial charge on any atom is 0.300 e. The monoisotopic (exact) mass is 454 g/mol. The van der Waals surface area contributed by atoms with E-state index >= 15 is 0 Å².